The maximum atomic E-state index is 12.9. The van der Waals surface area contributed by atoms with Crippen molar-refractivity contribution in [2.45, 2.75) is 78.6 Å². The van der Waals surface area contributed by atoms with Crippen LogP contribution in [0.1, 0.15) is 82.4 Å². The van der Waals surface area contributed by atoms with E-state index in [0.717, 1.165) is 0 Å². The number of thiazole rings is 1. The lowest BCUT2D eigenvalue weighted by Gasteiger charge is -2.36. The second-order valence-corrected chi connectivity index (χ2v) is 9.23. The van der Waals surface area contributed by atoms with E-state index in [4.69, 9.17) is 15.9 Å². The molecule has 1 N–H and O–H groups in total. The number of amides is 1. The van der Waals surface area contributed by atoms with Crippen molar-refractivity contribution in [2.75, 3.05) is 13.2 Å². The van der Waals surface area contributed by atoms with Crippen LogP contribution in [0.15, 0.2) is 5.38 Å². The van der Waals surface area contributed by atoms with E-state index in [-0.39, 0.29) is 30.7 Å². The van der Waals surface area contributed by atoms with Crippen LogP contribution in [0.2, 0.25) is 0 Å². The minimum Gasteiger partial charge on any atom is -0.461 e. The zero-order chi connectivity index (χ0) is 22.9. The molecule has 0 aliphatic heterocycles. The van der Waals surface area contributed by atoms with Gasteiger partial charge in [0.15, 0.2) is 5.69 Å². The monoisotopic (exact) mass is 438 g/mol. The van der Waals surface area contributed by atoms with Crippen LogP contribution in [0.3, 0.4) is 0 Å². The number of carbonyl (C=O) groups excluding carboxylic acids is 2. The minimum atomic E-state index is -0.928. The maximum Gasteiger partial charge on any atom is 0.410 e. The summed E-state index contributed by atoms with van der Waals surface area (Å²) < 4.78 is 10.5. The lowest BCUT2D eigenvalue weighted by molar-refractivity contribution is 0.00283. The van der Waals surface area contributed by atoms with E-state index in [9.17, 15) is 14.7 Å². The number of carbonyl (C=O) groups is 2. The molecule has 0 aliphatic rings. The first-order valence-electron chi connectivity index (χ1n) is 10.2. The molecule has 2 atom stereocenters. The Bertz CT molecular complexity index is 733. The minimum absolute atomic E-state index is 0.0579. The third-order valence-corrected chi connectivity index (χ3v) is 5.22. The quantitative estimate of drug-likeness (QED) is 0.330. The van der Waals surface area contributed by atoms with Crippen LogP contribution in [-0.4, -0.2) is 51.8 Å². The zero-order valence-electron chi connectivity index (χ0n) is 18.8. The predicted molar refractivity (Wildman–Crippen MR) is 117 cm³/mol. The highest BCUT2D eigenvalue weighted by atomic mass is 32.1. The van der Waals surface area contributed by atoms with Crippen LogP contribution in [-0.2, 0) is 9.47 Å². The number of aliphatic hydroxyl groups is 1. The molecule has 0 saturated carbocycles. The highest BCUT2D eigenvalue weighted by Gasteiger charge is 2.32. The third kappa shape index (κ3) is 8.33. The fraction of sp³-hybridized carbons (Fsp3) is 0.682. The standard InChI is InChI=1S/C22H34N2O5S/c1-8-10-11-12-24(21(27)29-22(5,6)7)17(15(3)4)13-18(25)19-23-16(14-30-19)20(26)28-9-2/h1,14-15,17-18,25H,9-13H2,2-7H3/t17-,18-/m1/s1. The van der Waals surface area contributed by atoms with Crippen LogP contribution in [0.4, 0.5) is 4.79 Å². The van der Waals surface area contributed by atoms with E-state index < -0.39 is 23.8 Å². The lowest BCUT2D eigenvalue weighted by Crippen LogP contribution is -2.47. The number of aromatic nitrogens is 1. The molecule has 1 heterocycles. The predicted octanol–water partition coefficient (Wildman–Crippen LogP) is 4.42. The van der Waals surface area contributed by atoms with Gasteiger partial charge < -0.3 is 19.5 Å². The van der Waals surface area contributed by atoms with Crippen LogP contribution < -0.4 is 0 Å². The zero-order valence-corrected chi connectivity index (χ0v) is 19.6. The van der Waals surface area contributed by atoms with Crippen molar-refractivity contribution in [2.24, 2.45) is 5.92 Å². The van der Waals surface area contributed by atoms with Crippen LogP contribution in [0.25, 0.3) is 0 Å². The number of esters is 1. The van der Waals surface area contributed by atoms with Gasteiger partial charge in [-0.2, -0.15) is 0 Å². The molecule has 1 aromatic heterocycles. The first kappa shape index (κ1) is 25.9. The average Bonchev–Trinajstić information content (AvgIpc) is 3.12. The molecule has 1 amide bonds. The summed E-state index contributed by atoms with van der Waals surface area (Å²) >= 11 is 1.19. The molecule has 0 aromatic carbocycles. The van der Waals surface area contributed by atoms with Gasteiger partial charge in [-0.1, -0.05) is 13.8 Å². The number of rotatable bonds is 10. The molecule has 1 aromatic rings. The van der Waals surface area contributed by atoms with Gasteiger partial charge in [-0.05, 0) is 40.0 Å². The summed E-state index contributed by atoms with van der Waals surface area (Å²) in [6.45, 7) is 11.8. The Labute approximate surface area is 183 Å². The molecule has 0 fully saturated rings. The topological polar surface area (TPSA) is 89.0 Å². The first-order chi connectivity index (χ1) is 14.0. The maximum absolute atomic E-state index is 12.9. The second-order valence-electron chi connectivity index (χ2n) is 8.34. The summed E-state index contributed by atoms with van der Waals surface area (Å²) in [5.41, 5.74) is -0.458. The molecule has 30 heavy (non-hydrogen) atoms. The SMILES string of the molecule is C#CCCCN(C(=O)OC(C)(C)C)[C@H](C[C@@H](O)c1nc(C(=O)OCC)cs1)C(C)C. The van der Waals surface area contributed by atoms with Gasteiger partial charge in [0, 0.05) is 30.8 Å². The Hall–Kier alpha value is -2.11. The van der Waals surface area contributed by atoms with Crippen molar-refractivity contribution >= 4 is 23.4 Å². The van der Waals surface area contributed by atoms with Gasteiger partial charge in [-0.15, -0.1) is 23.7 Å². The lowest BCUT2D eigenvalue weighted by atomic mass is 9.96. The van der Waals surface area contributed by atoms with E-state index >= 15 is 0 Å². The molecule has 168 valence electrons. The largest absolute Gasteiger partial charge is 0.461 e. The average molecular weight is 439 g/mol. The summed E-state index contributed by atoms with van der Waals surface area (Å²) in [6.07, 6.45) is 5.45. The van der Waals surface area contributed by atoms with Gasteiger partial charge >= 0.3 is 12.1 Å². The molecule has 0 aliphatic carbocycles. The molecule has 7 nitrogen and oxygen atoms in total. The number of hydrogen-bond donors (Lipinski definition) is 1. The summed E-state index contributed by atoms with van der Waals surface area (Å²) in [5.74, 6) is 2.13. The summed E-state index contributed by atoms with van der Waals surface area (Å²) in [7, 11) is 0. The van der Waals surface area contributed by atoms with Gasteiger partial charge in [-0.3, -0.25) is 0 Å². The van der Waals surface area contributed by atoms with E-state index in [0.29, 0.717) is 24.4 Å². The van der Waals surface area contributed by atoms with E-state index in [1.165, 1.54) is 11.3 Å². The van der Waals surface area contributed by atoms with Crippen molar-refractivity contribution in [3.8, 4) is 12.3 Å². The fourth-order valence-corrected chi connectivity index (χ4v) is 3.68. The van der Waals surface area contributed by atoms with Crippen molar-refractivity contribution < 1.29 is 24.2 Å². The van der Waals surface area contributed by atoms with Crippen molar-refractivity contribution in [3.63, 3.8) is 0 Å². The van der Waals surface area contributed by atoms with Crippen LogP contribution in [0, 0.1) is 18.3 Å². The molecule has 8 heteroatoms. The van der Waals surface area contributed by atoms with Gasteiger partial charge in [0.05, 0.1) is 6.61 Å². The Kier molecular flexibility index (Phi) is 10.3. The molecule has 0 bridgehead atoms. The van der Waals surface area contributed by atoms with Crippen LogP contribution >= 0.6 is 11.3 Å². The Morgan fingerprint density at radius 1 is 1.37 bits per heavy atom. The number of ether oxygens (including phenoxy) is 2. The second kappa shape index (κ2) is 11.9. The third-order valence-electron chi connectivity index (χ3n) is 4.27. The van der Waals surface area contributed by atoms with Crippen LogP contribution in [0.5, 0.6) is 0 Å². The highest BCUT2D eigenvalue weighted by Crippen LogP contribution is 2.28. The Balaban J connectivity index is 3.02. The number of nitrogens with zero attached hydrogens (tertiary/aromatic N) is 2. The van der Waals surface area contributed by atoms with Gasteiger partial charge in [0.1, 0.15) is 16.7 Å². The summed E-state index contributed by atoms with van der Waals surface area (Å²) in [4.78, 5) is 30.6. The summed E-state index contributed by atoms with van der Waals surface area (Å²) in [6, 6.07) is -0.289. The smallest absolute Gasteiger partial charge is 0.410 e. The molecular weight excluding hydrogens is 404 g/mol. The normalized spacial score (nSPS) is 13.4. The number of aliphatic hydroxyl groups excluding tert-OH is 1. The molecule has 0 radical (unpaired) electrons. The van der Waals surface area contributed by atoms with Crippen molar-refractivity contribution in [3.05, 3.63) is 16.1 Å². The van der Waals surface area contributed by atoms with Gasteiger partial charge in [0.2, 0.25) is 0 Å². The number of terminal acetylenes is 1. The van der Waals surface area contributed by atoms with Crippen molar-refractivity contribution in [1.29, 1.82) is 0 Å². The summed E-state index contributed by atoms with van der Waals surface area (Å²) in [5, 5.41) is 12.8. The number of unbranched alkanes of at least 4 members (excludes halogenated alkanes) is 1. The molecule has 1 rings (SSSR count). The molecule has 0 unspecified atom stereocenters. The first-order valence-corrected chi connectivity index (χ1v) is 11.1. The van der Waals surface area contributed by atoms with Gasteiger partial charge in [0.25, 0.3) is 0 Å². The van der Waals surface area contributed by atoms with Crippen molar-refractivity contribution in [1.82, 2.24) is 9.88 Å². The fourth-order valence-electron chi connectivity index (χ4n) is 2.89. The number of hydrogen-bond acceptors (Lipinski definition) is 7. The Morgan fingerprint density at radius 2 is 2.03 bits per heavy atom. The molecular formula is C22H34N2O5S. The van der Waals surface area contributed by atoms with E-state index in [1.807, 2.05) is 34.6 Å². The van der Waals surface area contributed by atoms with E-state index in [2.05, 4.69) is 10.9 Å². The Morgan fingerprint density at radius 3 is 2.57 bits per heavy atom. The van der Waals surface area contributed by atoms with E-state index in [1.54, 1.807) is 17.2 Å². The van der Waals surface area contributed by atoms with Gasteiger partial charge in [-0.25, -0.2) is 14.6 Å². The molecule has 0 spiro atoms. The molecule has 0 saturated heterocycles. The highest BCUT2D eigenvalue weighted by molar-refractivity contribution is 7.09.